The molecule has 1 saturated heterocycles. The van der Waals surface area contributed by atoms with Gasteiger partial charge < -0.3 is 19.5 Å². The minimum Gasteiger partial charge on any atom is -0.486 e. The lowest BCUT2D eigenvalue weighted by Crippen LogP contribution is -2.37. The van der Waals surface area contributed by atoms with Crippen molar-refractivity contribution in [1.82, 2.24) is 4.90 Å². The summed E-state index contributed by atoms with van der Waals surface area (Å²) in [7, 11) is 0. The third kappa shape index (κ3) is 3.02. The zero-order valence-corrected chi connectivity index (χ0v) is 13.2. The molecule has 2 fully saturated rings. The number of amides is 1. The van der Waals surface area contributed by atoms with Crippen molar-refractivity contribution in [1.29, 1.82) is 0 Å². The van der Waals surface area contributed by atoms with E-state index in [1.807, 2.05) is 29.2 Å². The molecule has 0 aromatic heterocycles. The summed E-state index contributed by atoms with van der Waals surface area (Å²) in [6.07, 6.45) is 2.70. The van der Waals surface area contributed by atoms with Gasteiger partial charge in [-0.1, -0.05) is 12.1 Å². The minimum absolute atomic E-state index is 0.141. The number of aliphatic hydroxyl groups is 1. The smallest absolute Gasteiger partial charge is 0.226 e. The molecule has 0 bridgehead atoms. The molecule has 0 radical (unpaired) electrons. The van der Waals surface area contributed by atoms with Crippen LogP contribution < -0.4 is 9.47 Å². The van der Waals surface area contributed by atoms with Crippen LogP contribution in [0.4, 0.5) is 0 Å². The normalized spacial score (nSPS) is 32.5. The van der Waals surface area contributed by atoms with E-state index in [4.69, 9.17) is 9.47 Å². The lowest BCUT2D eigenvalue weighted by atomic mass is 9.80. The quantitative estimate of drug-likeness (QED) is 0.904. The molecule has 2 aliphatic heterocycles. The van der Waals surface area contributed by atoms with Gasteiger partial charge in [0.05, 0.1) is 12.5 Å². The highest BCUT2D eigenvalue weighted by atomic mass is 16.6. The molecule has 3 aliphatic rings. The summed E-state index contributed by atoms with van der Waals surface area (Å²) in [5.41, 5.74) is 0. The zero-order chi connectivity index (χ0) is 15.8. The first-order valence-corrected chi connectivity index (χ1v) is 8.53. The van der Waals surface area contributed by atoms with Crippen molar-refractivity contribution in [2.45, 2.75) is 37.9 Å². The van der Waals surface area contributed by atoms with Gasteiger partial charge in [-0.05, 0) is 43.2 Å². The van der Waals surface area contributed by atoms with Gasteiger partial charge in [0, 0.05) is 13.1 Å². The van der Waals surface area contributed by atoms with Crippen LogP contribution in [0.1, 0.15) is 25.7 Å². The van der Waals surface area contributed by atoms with E-state index >= 15 is 0 Å². The van der Waals surface area contributed by atoms with E-state index < -0.39 is 0 Å². The average molecular weight is 317 g/mol. The maximum atomic E-state index is 12.6. The highest BCUT2D eigenvalue weighted by Gasteiger charge is 2.39. The Bertz CT molecular complexity index is 590. The number of likely N-dealkylation sites (tertiary alicyclic amines) is 1. The maximum Gasteiger partial charge on any atom is 0.226 e. The summed E-state index contributed by atoms with van der Waals surface area (Å²) in [6, 6.07) is 7.57. The van der Waals surface area contributed by atoms with Crippen LogP contribution in [0.5, 0.6) is 11.5 Å². The molecule has 124 valence electrons. The molecular formula is C18H23NO4. The monoisotopic (exact) mass is 317 g/mol. The Labute approximate surface area is 136 Å². The SMILES string of the molecule is O=C(CC1COc2ccccc2O1)N1CC2CCC(O)CC2C1. The number of rotatable bonds is 2. The van der Waals surface area contributed by atoms with Crippen LogP contribution in [0.25, 0.3) is 0 Å². The van der Waals surface area contributed by atoms with Crippen molar-refractivity contribution in [2.75, 3.05) is 19.7 Å². The Morgan fingerprint density at radius 3 is 2.83 bits per heavy atom. The number of para-hydroxylation sites is 2. The topological polar surface area (TPSA) is 59.0 Å². The van der Waals surface area contributed by atoms with Gasteiger partial charge in [0.25, 0.3) is 0 Å². The van der Waals surface area contributed by atoms with E-state index in [0.29, 0.717) is 24.9 Å². The number of ether oxygens (including phenoxy) is 2. The zero-order valence-electron chi connectivity index (χ0n) is 13.2. The van der Waals surface area contributed by atoms with Crippen LogP contribution in [-0.4, -0.2) is 47.8 Å². The Balaban J connectivity index is 1.34. The van der Waals surface area contributed by atoms with E-state index in [9.17, 15) is 9.90 Å². The van der Waals surface area contributed by atoms with Crippen molar-refractivity contribution in [2.24, 2.45) is 11.8 Å². The molecule has 1 aromatic carbocycles. The first-order chi connectivity index (χ1) is 11.2. The van der Waals surface area contributed by atoms with Crippen molar-refractivity contribution in [3.8, 4) is 11.5 Å². The Kier molecular flexibility index (Phi) is 3.89. The fraction of sp³-hybridized carbons (Fsp3) is 0.611. The molecule has 23 heavy (non-hydrogen) atoms. The van der Waals surface area contributed by atoms with Crippen molar-refractivity contribution in [3.63, 3.8) is 0 Å². The number of benzene rings is 1. The van der Waals surface area contributed by atoms with Gasteiger partial charge >= 0.3 is 0 Å². The Morgan fingerprint density at radius 2 is 1.96 bits per heavy atom. The van der Waals surface area contributed by atoms with Gasteiger partial charge in [-0.2, -0.15) is 0 Å². The number of fused-ring (bicyclic) bond motifs is 2. The second kappa shape index (κ2) is 6.04. The Hall–Kier alpha value is -1.75. The molecule has 4 rings (SSSR count). The van der Waals surface area contributed by atoms with E-state index in [2.05, 4.69) is 0 Å². The molecule has 1 N–H and O–H groups in total. The fourth-order valence-electron chi connectivity index (χ4n) is 4.10. The molecule has 1 aromatic rings. The van der Waals surface area contributed by atoms with Gasteiger partial charge in [-0.15, -0.1) is 0 Å². The largest absolute Gasteiger partial charge is 0.486 e. The Morgan fingerprint density at radius 1 is 1.17 bits per heavy atom. The molecule has 0 spiro atoms. The van der Waals surface area contributed by atoms with Gasteiger partial charge in [0.1, 0.15) is 12.7 Å². The summed E-state index contributed by atoms with van der Waals surface area (Å²) in [4.78, 5) is 14.5. The van der Waals surface area contributed by atoms with Gasteiger partial charge in [-0.25, -0.2) is 0 Å². The molecule has 4 atom stereocenters. The third-order valence-corrected chi connectivity index (χ3v) is 5.34. The summed E-state index contributed by atoms with van der Waals surface area (Å²) in [5.74, 6) is 2.63. The minimum atomic E-state index is -0.217. The van der Waals surface area contributed by atoms with Crippen LogP contribution in [0.2, 0.25) is 0 Å². The summed E-state index contributed by atoms with van der Waals surface area (Å²) >= 11 is 0. The summed E-state index contributed by atoms with van der Waals surface area (Å²) in [5, 5.41) is 9.80. The summed E-state index contributed by atoms with van der Waals surface area (Å²) in [6.45, 7) is 2.03. The highest BCUT2D eigenvalue weighted by molar-refractivity contribution is 5.77. The molecule has 5 heteroatoms. The number of carbonyl (C=O) groups is 1. The second-order valence-corrected chi connectivity index (χ2v) is 6.99. The van der Waals surface area contributed by atoms with Crippen molar-refractivity contribution in [3.05, 3.63) is 24.3 Å². The predicted molar refractivity (Wildman–Crippen MR) is 84.4 cm³/mol. The number of hydrogen-bond acceptors (Lipinski definition) is 4. The van der Waals surface area contributed by atoms with Crippen LogP contribution in [0, 0.1) is 11.8 Å². The first-order valence-electron chi connectivity index (χ1n) is 8.53. The van der Waals surface area contributed by atoms with Crippen molar-refractivity contribution < 1.29 is 19.4 Å². The molecule has 1 amide bonds. The predicted octanol–water partition coefficient (Wildman–Crippen LogP) is 1.84. The standard InChI is InChI=1S/C18H23NO4/c20-14-6-5-12-9-19(10-13(12)7-14)18(21)8-15-11-22-16-3-1-2-4-17(16)23-15/h1-4,12-15,20H,5-11H2. The number of nitrogens with zero attached hydrogens (tertiary/aromatic N) is 1. The van der Waals surface area contributed by atoms with Gasteiger partial charge in [0.15, 0.2) is 11.5 Å². The van der Waals surface area contributed by atoms with E-state index in [0.717, 1.165) is 43.9 Å². The van der Waals surface area contributed by atoms with Crippen molar-refractivity contribution >= 4 is 5.91 Å². The van der Waals surface area contributed by atoms with Gasteiger partial charge in [-0.3, -0.25) is 4.79 Å². The molecule has 5 nitrogen and oxygen atoms in total. The summed E-state index contributed by atoms with van der Waals surface area (Å²) < 4.78 is 11.6. The molecular weight excluding hydrogens is 294 g/mol. The fourth-order valence-corrected chi connectivity index (χ4v) is 4.10. The second-order valence-electron chi connectivity index (χ2n) is 6.99. The number of hydrogen-bond donors (Lipinski definition) is 1. The third-order valence-electron chi connectivity index (χ3n) is 5.34. The van der Waals surface area contributed by atoms with E-state index in [-0.39, 0.29) is 18.1 Å². The number of carbonyl (C=O) groups excluding carboxylic acids is 1. The lowest BCUT2D eigenvalue weighted by Gasteiger charge is -2.27. The maximum absolute atomic E-state index is 12.6. The molecule has 1 saturated carbocycles. The average Bonchev–Trinajstić information content (AvgIpc) is 2.98. The molecule has 2 heterocycles. The molecule has 4 unspecified atom stereocenters. The lowest BCUT2D eigenvalue weighted by molar-refractivity contribution is -0.132. The first kappa shape index (κ1) is 14.8. The van der Waals surface area contributed by atoms with Crippen LogP contribution in [0.15, 0.2) is 24.3 Å². The van der Waals surface area contributed by atoms with E-state index in [1.54, 1.807) is 0 Å². The van der Waals surface area contributed by atoms with Crippen LogP contribution >= 0.6 is 0 Å². The van der Waals surface area contributed by atoms with Crippen LogP contribution in [0.3, 0.4) is 0 Å². The van der Waals surface area contributed by atoms with Gasteiger partial charge in [0.2, 0.25) is 5.91 Å². The number of aliphatic hydroxyl groups excluding tert-OH is 1. The highest BCUT2D eigenvalue weighted by Crippen LogP contribution is 2.37. The van der Waals surface area contributed by atoms with Crippen LogP contribution in [-0.2, 0) is 4.79 Å². The van der Waals surface area contributed by atoms with E-state index in [1.165, 1.54) is 0 Å². The molecule has 1 aliphatic carbocycles.